The monoisotopic (exact) mass is 470 g/mol. The van der Waals surface area contributed by atoms with Crippen molar-refractivity contribution in [3.63, 3.8) is 0 Å². The highest BCUT2D eigenvalue weighted by atomic mass is 32.2. The van der Waals surface area contributed by atoms with E-state index in [1.54, 1.807) is 38.1 Å². The lowest BCUT2D eigenvalue weighted by Gasteiger charge is -2.16. The Kier molecular flexibility index (Phi) is 6.16. The van der Waals surface area contributed by atoms with Crippen molar-refractivity contribution in [2.24, 2.45) is 0 Å². The van der Waals surface area contributed by atoms with Gasteiger partial charge in [0.15, 0.2) is 11.9 Å². The maximum atomic E-state index is 12.6. The minimum Gasteiger partial charge on any atom is -0.454 e. The van der Waals surface area contributed by atoms with Crippen molar-refractivity contribution in [1.29, 1.82) is 0 Å². The molecule has 10 heteroatoms. The molecular weight excluding hydrogens is 448 g/mol. The van der Waals surface area contributed by atoms with Gasteiger partial charge in [0.1, 0.15) is 15.9 Å². The van der Waals surface area contributed by atoms with Crippen molar-refractivity contribution in [2.45, 2.75) is 44.8 Å². The molecule has 166 valence electrons. The minimum absolute atomic E-state index is 0.164. The number of carbonyl (C=O) groups excluding carboxylic acids is 1. The van der Waals surface area contributed by atoms with Crippen molar-refractivity contribution in [3.05, 3.63) is 67.1 Å². The summed E-state index contributed by atoms with van der Waals surface area (Å²) in [4.78, 5) is 53.4. The van der Waals surface area contributed by atoms with Gasteiger partial charge in [-0.2, -0.15) is 0 Å². The van der Waals surface area contributed by atoms with Crippen LogP contribution in [0, 0.1) is 13.8 Å². The zero-order chi connectivity index (χ0) is 23.0. The largest absolute Gasteiger partial charge is 0.454 e. The van der Waals surface area contributed by atoms with E-state index in [4.69, 9.17) is 4.74 Å². The van der Waals surface area contributed by atoms with E-state index in [9.17, 15) is 14.4 Å². The number of fused-ring (bicyclic) bond motifs is 2. The molecule has 3 aromatic heterocycles. The van der Waals surface area contributed by atoms with E-state index >= 15 is 0 Å². The molecule has 3 heterocycles. The number of hydrogen-bond acceptors (Lipinski definition) is 8. The molecule has 2 unspecified atom stereocenters. The van der Waals surface area contributed by atoms with Crippen molar-refractivity contribution in [2.75, 3.05) is 0 Å². The van der Waals surface area contributed by atoms with E-state index in [1.165, 1.54) is 23.1 Å². The standard InChI is InChI=1S/C22H22N4O4S2/c1-10-12(3)32-21-17(10)20(28)24-16(25-21)9-31-13(4)22(29)30-11(2)18-23-15-8-6-5-7-14(15)19(27)26-18/h5-8,11,13H,9H2,1-4H3,(H,23,26,27)(H,24,25,28). The molecule has 2 atom stereocenters. The highest BCUT2D eigenvalue weighted by Gasteiger charge is 2.21. The Morgan fingerprint density at radius 2 is 1.88 bits per heavy atom. The van der Waals surface area contributed by atoms with E-state index in [-0.39, 0.29) is 11.1 Å². The quantitative estimate of drug-likeness (QED) is 0.412. The van der Waals surface area contributed by atoms with Crippen LogP contribution in [0.25, 0.3) is 21.1 Å². The number of H-pyrrole nitrogens is 2. The van der Waals surface area contributed by atoms with Gasteiger partial charge in [-0.1, -0.05) is 12.1 Å². The highest BCUT2D eigenvalue weighted by molar-refractivity contribution is 7.99. The Hall–Kier alpha value is -2.98. The second-order valence-corrected chi connectivity index (χ2v) is 10.0. The molecule has 2 N–H and O–H groups in total. The van der Waals surface area contributed by atoms with Crippen molar-refractivity contribution >= 4 is 50.2 Å². The number of hydrogen-bond donors (Lipinski definition) is 2. The third-order valence-electron chi connectivity index (χ3n) is 5.20. The first kappa shape index (κ1) is 22.2. The number of ether oxygens (including phenoxy) is 1. The summed E-state index contributed by atoms with van der Waals surface area (Å²) in [6.45, 7) is 7.27. The molecule has 0 aliphatic carbocycles. The van der Waals surface area contributed by atoms with Crippen LogP contribution in [0.3, 0.4) is 0 Å². The summed E-state index contributed by atoms with van der Waals surface area (Å²) in [5, 5.41) is 0.602. The fourth-order valence-corrected chi connectivity index (χ4v) is 5.05. The van der Waals surface area contributed by atoms with Crippen LogP contribution >= 0.6 is 23.1 Å². The lowest BCUT2D eigenvalue weighted by atomic mass is 10.2. The molecule has 4 rings (SSSR count). The van der Waals surface area contributed by atoms with Crippen molar-refractivity contribution < 1.29 is 9.53 Å². The fourth-order valence-electron chi connectivity index (χ4n) is 3.26. The molecule has 8 nitrogen and oxygen atoms in total. The maximum absolute atomic E-state index is 12.6. The van der Waals surface area contributed by atoms with Gasteiger partial charge in [0.05, 0.1) is 22.0 Å². The average molecular weight is 471 g/mol. The predicted molar refractivity (Wildman–Crippen MR) is 127 cm³/mol. The SMILES string of the molecule is Cc1sc2nc(CSC(C)C(=O)OC(C)c3nc4ccccc4c(=O)[nH]3)[nH]c(=O)c2c1C. The highest BCUT2D eigenvalue weighted by Crippen LogP contribution is 2.27. The summed E-state index contributed by atoms with van der Waals surface area (Å²) >= 11 is 2.80. The van der Waals surface area contributed by atoms with Crippen LogP contribution < -0.4 is 11.1 Å². The van der Waals surface area contributed by atoms with E-state index < -0.39 is 17.3 Å². The average Bonchev–Trinajstić information content (AvgIpc) is 3.05. The topological polar surface area (TPSA) is 118 Å². The number of aromatic nitrogens is 4. The summed E-state index contributed by atoms with van der Waals surface area (Å²) in [5.74, 6) is 0.724. The molecule has 0 saturated carbocycles. The van der Waals surface area contributed by atoms with Crippen molar-refractivity contribution in [3.8, 4) is 0 Å². The fraction of sp³-hybridized carbons (Fsp3) is 0.318. The number of aryl methyl sites for hydroxylation is 2. The molecule has 1 aromatic carbocycles. The predicted octanol–water partition coefficient (Wildman–Crippen LogP) is 3.76. The van der Waals surface area contributed by atoms with Gasteiger partial charge < -0.3 is 14.7 Å². The van der Waals surface area contributed by atoms with Crippen molar-refractivity contribution in [1.82, 2.24) is 19.9 Å². The first-order valence-electron chi connectivity index (χ1n) is 10.0. The molecule has 4 aromatic rings. The van der Waals surface area contributed by atoms with Gasteiger partial charge in [-0.15, -0.1) is 23.1 Å². The van der Waals surface area contributed by atoms with E-state index in [1.807, 2.05) is 13.8 Å². The van der Waals surface area contributed by atoms with Crippen LogP contribution in [-0.4, -0.2) is 31.2 Å². The zero-order valence-electron chi connectivity index (χ0n) is 18.0. The second-order valence-electron chi connectivity index (χ2n) is 7.48. The molecule has 32 heavy (non-hydrogen) atoms. The first-order valence-corrected chi connectivity index (χ1v) is 11.9. The van der Waals surface area contributed by atoms with Gasteiger partial charge in [0.2, 0.25) is 0 Å². The Bertz CT molecular complexity index is 1440. The van der Waals surface area contributed by atoms with E-state index in [0.29, 0.717) is 38.5 Å². The number of thiophene rings is 1. The van der Waals surface area contributed by atoms with Crippen LogP contribution in [0.5, 0.6) is 0 Å². The van der Waals surface area contributed by atoms with Gasteiger partial charge in [-0.05, 0) is 45.4 Å². The van der Waals surface area contributed by atoms with Crippen LogP contribution in [0.15, 0.2) is 33.9 Å². The van der Waals surface area contributed by atoms with Crippen LogP contribution in [0.1, 0.15) is 42.0 Å². The number of benzene rings is 1. The van der Waals surface area contributed by atoms with Gasteiger partial charge >= 0.3 is 5.97 Å². The Labute approximate surface area is 191 Å². The van der Waals surface area contributed by atoms with Crippen LogP contribution in [-0.2, 0) is 15.3 Å². The number of thioether (sulfide) groups is 1. The number of nitrogens with one attached hydrogen (secondary N) is 2. The van der Waals surface area contributed by atoms with Gasteiger partial charge in [0.25, 0.3) is 11.1 Å². The van der Waals surface area contributed by atoms with Gasteiger partial charge in [-0.25, -0.2) is 9.97 Å². The second kappa shape index (κ2) is 8.87. The number of nitrogens with zero attached hydrogens (tertiary/aromatic N) is 2. The number of para-hydroxylation sites is 1. The van der Waals surface area contributed by atoms with Gasteiger partial charge in [-0.3, -0.25) is 14.4 Å². The molecule has 0 radical (unpaired) electrons. The third kappa shape index (κ3) is 4.33. The number of rotatable bonds is 6. The molecule has 0 spiro atoms. The summed E-state index contributed by atoms with van der Waals surface area (Å²) in [5.41, 5.74) is 1.05. The Balaban J connectivity index is 1.42. The van der Waals surface area contributed by atoms with E-state index in [0.717, 1.165) is 10.4 Å². The zero-order valence-corrected chi connectivity index (χ0v) is 19.6. The molecular formula is C22H22N4O4S2. The van der Waals surface area contributed by atoms with Crippen LogP contribution in [0.2, 0.25) is 0 Å². The summed E-state index contributed by atoms with van der Waals surface area (Å²) < 4.78 is 5.52. The molecule has 0 amide bonds. The normalized spacial score (nSPS) is 13.4. The number of esters is 1. The maximum Gasteiger partial charge on any atom is 0.319 e. The van der Waals surface area contributed by atoms with Crippen LogP contribution in [0.4, 0.5) is 0 Å². The Morgan fingerprint density at radius 3 is 2.66 bits per heavy atom. The number of carbonyl (C=O) groups is 1. The number of aromatic amines is 2. The third-order valence-corrected chi connectivity index (χ3v) is 7.43. The molecule has 0 aliphatic rings. The molecule has 0 bridgehead atoms. The lowest BCUT2D eigenvalue weighted by molar-refractivity contribution is -0.147. The molecule has 0 aliphatic heterocycles. The summed E-state index contributed by atoms with van der Waals surface area (Å²) in [7, 11) is 0. The first-order chi connectivity index (χ1) is 15.2. The molecule has 0 fully saturated rings. The van der Waals surface area contributed by atoms with E-state index in [2.05, 4.69) is 19.9 Å². The van der Waals surface area contributed by atoms with Gasteiger partial charge in [0, 0.05) is 4.88 Å². The minimum atomic E-state index is -0.714. The lowest BCUT2D eigenvalue weighted by Crippen LogP contribution is -2.22. The summed E-state index contributed by atoms with van der Waals surface area (Å²) in [6, 6.07) is 6.99. The molecule has 0 saturated heterocycles. The Morgan fingerprint density at radius 1 is 1.12 bits per heavy atom. The smallest absolute Gasteiger partial charge is 0.319 e. The summed E-state index contributed by atoms with van der Waals surface area (Å²) in [6.07, 6.45) is -0.714.